The number of hydrogen-bond acceptors (Lipinski definition) is 7. The molecule has 9 heteroatoms. The molecule has 0 bridgehead atoms. The number of hydrogen-bond donors (Lipinski definition) is 1. The Bertz CT molecular complexity index is 1140. The molecule has 4 rings (SSSR count). The van der Waals surface area contributed by atoms with Gasteiger partial charge in [-0.05, 0) is 31.2 Å². The minimum Gasteiger partial charge on any atom is -0.497 e. The summed E-state index contributed by atoms with van der Waals surface area (Å²) >= 11 is 2.72. The molecule has 0 aliphatic heterocycles. The van der Waals surface area contributed by atoms with Gasteiger partial charge in [-0.2, -0.15) is 0 Å². The van der Waals surface area contributed by atoms with E-state index in [1.165, 1.54) is 28.7 Å². The van der Waals surface area contributed by atoms with Crippen molar-refractivity contribution in [1.82, 2.24) is 19.7 Å². The van der Waals surface area contributed by atoms with Crippen molar-refractivity contribution in [3.63, 3.8) is 0 Å². The highest BCUT2D eigenvalue weighted by atomic mass is 32.2. The first-order valence-corrected chi connectivity index (χ1v) is 11.0. The summed E-state index contributed by atoms with van der Waals surface area (Å²) in [5, 5.41) is 14.1. The zero-order valence-corrected chi connectivity index (χ0v) is 18.0. The molecule has 0 aliphatic carbocycles. The highest BCUT2D eigenvalue weighted by Crippen LogP contribution is 2.26. The molecule has 0 spiro atoms. The predicted molar refractivity (Wildman–Crippen MR) is 120 cm³/mol. The number of aryl methyl sites for hydroxylation is 1. The van der Waals surface area contributed by atoms with Crippen molar-refractivity contribution in [3.8, 4) is 22.7 Å². The van der Waals surface area contributed by atoms with E-state index < -0.39 is 0 Å². The van der Waals surface area contributed by atoms with Crippen LogP contribution in [0.3, 0.4) is 0 Å². The standard InChI is InChI=1S/C21H19N5O2S2/c1-14-3-5-15(6-4-14)18-11-29-20(23-18)24-19(27)12-30-21-25-22-13-26(21)16-7-9-17(28-2)10-8-16/h3-11,13H,12H2,1-2H3,(H,23,24,27). The topological polar surface area (TPSA) is 81.9 Å². The Morgan fingerprint density at radius 2 is 1.93 bits per heavy atom. The van der Waals surface area contributed by atoms with E-state index in [-0.39, 0.29) is 11.7 Å². The first kappa shape index (κ1) is 20.1. The molecule has 0 saturated heterocycles. The summed E-state index contributed by atoms with van der Waals surface area (Å²) in [6.45, 7) is 2.05. The van der Waals surface area contributed by atoms with Crippen molar-refractivity contribution in [2.24, 2.45) is 0 Å². The summed E-state index contributed by atoms with van der Waals surface area (Å²) in [4.78, 5) is 16.9. The molecule has 0 saturated carbocycles. The number of nitrogens with one attached hydrogen (secondary N) is 1. The Hall–Kier alpha value is -3.17. The molecule has 0 unspecified atom stereocenters. The van der Waals surface area contributed by atoms with Crippen LogP contribution in [-0.4, -0.2) is 38.5 Å². The molecule has 2 heterocycles. The summed E-state index contributed by atoms with van der Waals surface area (Å²) in [6.07, 6.45) is 1.62. The van der Waals surface area contributed by atoms with Gasteiger partial charge < -0.3 is 10.1 Å². The van der Waals surface area contributed by atoms with E-state index >= 15 is 0 Å². The third kappa shape index (κ3) is 4.69. The van der Waals surface area contributed by atoms with Crippen LogP contribution in [0.4, 0.5) is 5.13 Å². The maximum atomic E-state index is 12.4. The predicted octanol–water partition coefficient (Wildman–Crippen LogP) is 4.44. The minimum absolute atomic E-state index is 0.144. The van der Waals surface area contributed by atoms with Gasteiger partial charge in [-0.3, -0.25) is 9.36 Å². The number of carbonyl (C=O) groups is 1. The molecular weight excluding hydrogens is 418 g/mol. The lowest BCUT2D eigenvalue weighted by Gasteiger charge is -2.07. The van der Waals surface area contributed by atoms with Crippen LogP contribution >= 0.6 is 23.1 Å². The largest absolute Gasteiger partial charge is 0.497 e. The minimum atomic E-state index is -0.144. The molecular formula is C21H19N5O2S2. The van der Waals surface area contributed by atoms with Crippen molar-refractivity contribution >= 4 is 34.1 Å². The molecule has 0 radical (unpaired) electrons. The van der Waals surface area contributed by atoms with Crippen molar-refractivity contribution in [2.45, 2.75) is 12.1 Å². The van der Waals surface area contributed by atoms with Gasteiger partial charge in [0, 0.05) is 16.6 Å². The van der Waals surface area contributed by atoms with E-state index in [0.29, 0.717) is 10.3 Å². The Kier molecular flexibility index (Phi) is 6.10. The highest BCUT2D eigenvalue weighted by Gasteiger charge is 2.12. The number of thiazole rings is 1. The number of methoxy groups -OCH3 is 1. The van der Waals surface area contributed by atoms with E-state index in [1.54, 1.807) is 13.4 Å². The lowest BCUT2D eigenvalue weighted by molar-refractivity contribution is -0.113. The zero-order chi connectivity index (χ0) is 20.9. The smallest absolute Gasteiger partial charge is 0.236 e. The third-order valence-corrected chi connectivity index (χ3v) is 6.00. The van der Waals surface area contributed by atoms with E-state index in [0.717, 1.165) is 22.7 Å². The monoisotopic (exact) mass is 437 g/mol. The van der Waals surface area contributed by atoms with Gasteiger partial charge in [0.1, 0.15) is 12.1 Å². The molecule has 30 heavy (non-hydrogen) atoms. The van der Waals surface area contributed by atoms with Gasteiger partial charge in [0.15, 0.2) is 10.3 Å². The lowest BCUT2D eigenvalue weighted by atomic mass is 10.1. The van der Waals surface area contributed by atoms with Gasteiger partial charge in [-0.25, -0.2) is 4.98 Å². The van der Waals surface area contributed by atoms with Gasteiger partial charge in [-0.1, -0.05) is 41.6 Å². The summed E-state index contributed by atoms with van der Waals surface area (Å²) in [5.74, 6) is 0.830. The van der Waals surface area contributed by atoms with Crippen LogP contribution in [-0.2, 0) is 4.79 Å². The molecule has 7 nitrogen and oxygen atoms in total. The molecule has 0 aliphatic rings. The van der Waals surface area contributed by atoms with Crippen molar-refractivity contribution in [3.05, 3.63) is 65.8 Å². The Labute approximate surface area is 182 Å². The average Bonchev–Trinajstić information content (AvgIpc) is 3.42. The van der Waals surface area contributed by atoms with E-state index in [1.807, 2.05) is 65.4 Å². The second kappa shape index (κ2) is 9.10. The Morgan fingerprint density at radius 3 is 2.67 bits per heavy atom. The number of anilines is 1. The van der Waals surface area contributed by atoms with Crippen LogP contribution in [0, 0.1) is 6.92 Å². The zero-order valence-electron chi connectivity index (χ0n) is 16.4. The lowest BCUT2D eigenvalue weighted by Crippen LogP contribution is -2.14. The van der Waals surface area contributed by atoms with Crippen molar-refractivity contribution in [2.75, 3.05) is 18.2 Å². The fraction of sp³-hybridized carbons (Fsp3) is 0.143. The average molecular weight is 438 g/mol. The first-order chi connectivity index (χ1) is 14.6. The quantitative estimate of drug-likeness (QED) is 0.431. The number of ether oxygens (including phenoxy) is 1. The summed E-state index contributed by atoms with van der Waals surface area (Å²) in [5.41, 5.74) is 3.97. The molecule has 152 valence electrons. The number of thioether (sulfide) groups is 1. The molecule has 2 aromatic carbocycles. The van der Waals surface area contributed by atoms with Crippen LogP contribution in [0.5, 0.6) is 5.75 Å². The van der Waals surface area contributed by atoms with Crippen LogP contribution in [0.15, 0.2) is 65.4 Å². The van der Waals surface area contributed by atoms with Crippen LogP contribution in [0.2, 0.25) is 0 Å². The summed E-state index contributed by atoms with van der Waals surface area (Å²) in [6, 6.07) is 15.7. The van der Waals surface area contributed by atoms with Gasteiger partial charge in [0.2, 0.25) is 5.91 Å². The normalized spacial score (nSPS) is 10.7. The SMILES string of the molecule is COc1ccc(-n2cnnc2SCC(=O)Nc2nc(-c3ccc(C)cc3)cs2)cc1. The summed E-state index contributed by atoms with van der Waals surface area (Å²) in [7, 11) is 1.62. The maximum Gasteiger partial charge on any atom is 0.236 e. The second-order valence-electron chi connectivity index (χ2n) is 6.42. The van der Waals surface area contributed by atoms with Crippen molar-refractivity contribution < 1.29 is 9.53 Å². The molecule has 4 aromatic rings. The third-order valence-electron chi connectivity index (χ3n) is 4.30. The van der Waals surface area contributed by atoms with Crippen LogP contribution < -0.4 is 10.1 Å². The van der Waals surface area contributed by atoms with E-state index in [9.17, 15) is 4.79 Å². The summed E-state index contributed by atoms with van der Waals surface area (Å²) < 4.78 is 7.01. The number of carbonyl (C=O) groups excluding carboxylic acids is 1. The molecule has 1 N–H and O–H groups in total. The van der Waals surface area contributed by atoms with Gasteiger partial charge >= 0.3 is 0 Å². The number of rotatable bonds is 7. The number of benzene rings is 2. The fourth-order valence-electron chi connectivity index (χ4n) is 2.72. The van der Waals surface area contributed by atoms with Gasteiger partial charge in [0.25, 0.3) is 0 Å². The van der Waals surface area contributed by atoms with Gasteiger partial charge in [-0.15, -0.1) is 21.5 Å². The molecule has 0 atom stereocenters. The Balaban J connectivity index is 1.37. The van der Waals surface area contributed by atoms with E-state index in [4.69, 9.17) is 4.74 Å². The molecule has 0 fully saturated rings. The molecule has 1 amide bonds. The number of aromatic nitrogens is 4. The number of nitrogens with zero attached hydrogens (tertiary/aromatic N) is 4. The van der Waals surface area contributed by atoms with Crippen molar-refractivity contribution in [1.29, 1.82) is 0 Å². The van der Waals surface area contributed by atoms with Crippen LogP contribution in [0.1, 0.15) is 5.56 Å². The molecule has 2 aromatic heterocycles. The fourth-order valence-corrected chi connectivity index (χ4v) is 4.18. The Morgan fingerprint density at radius 1 is 1.17 bits per heavy atom. The van der Waals surface area contributed by atoms with Gasteiger partial charge in [0.05, 0.1) is 18.6 Å². The maximum absolute atomic E-state index is 12.4. The second-order valence-corrected chi connectivity index (χ2v) is 8.22. The number of amides is 1. The van der Waals surface area contributed by atoms with E-state index in [2.05, 4.69) is 20.5 Å². The van der Waals surface area contributed by atoms with Crippen LogP contribution in [0.25, 0.3) is 16.9 Å². The highest BCUT2D eigenvalue weighted by molar-refractivity contribution is 7.99. The first-order valence-electron chi connectivity index (χ1n) is 9.12.